The van der Waals surface area contributed by atoms with Crippen LogP contribution in [0.2, 0.25) is 0 Å². The van der Waals surface area contributed by atoms with E-state index in [-0.39, 0.29) is 23.8 Å². The van der Waals surface area contributed by atoms with E-state index in [1.54, 1.807) is 0 Å². The predicted octanol–water partition coefficient (Wildman–Crippen LogP) is -0.231. The Kier molecular flexibility index (Phi) is 3.99. The van der Waals surface area contributed by atoms with Crippen molar-refractivity contribution < 1.29 is 9.59 Å². The van der Waals surface area contributed by atoms with Crippen molar-refractivity contribution in [3.05, 3.63) is 0 Å². The molecule has 0 aromatic carbocycles. The summed E-state index contributed by atoms with van der Waals surface area (Å²) in [6, 6.07) is 0.569. The molecule has 0 spiro atoms. The molecule has 3 unspecified atom stereocenters. The Balaban J connectivity index is 1.81. The molecular weight excluding hydrogens is 218 g/mol. The van der Waals surface area contributed by atoms with E-state index in [4.69, 9.17) is 0 Å². The van der Waals surface area contributed by atoms with Crippen LogP contribution < -0.4 is 16.0 Å². The van der Waals surface area contributed by atoms with E-state index in [1.165, 1.54) is 0 Å². The minimum atomic E-state index is -0.0539. The Morgan fingerprint density at radius 1 is 1.41 bits per heavy atom. The molecule has 0 aromatic rings. The highest BCUT2D eigenvalue weighted by molar-refractivity contribution is 5.83. The SMILES string of the molecule is CC1NCCCC1NC(=O)C1CCC(=O)NC1. The van der Waals surface area contributed by atoms with Crippen LogP contribution in [0.15, 0.2) is 0 Å². The van der Waals surface area contributed by atoms with E-state index in [9.17, 15) is 9.59 Å². The summed E-state index contributed by atoms with van der Waals surface area (Å²) in [4.78, 5) is 23.0. The number of amides is 2. The van der Waals surface area contributed by atoms with Gasteiger partial charge in [0.2, 0.25) is 11.8 Å². The van der Waals surface area contributed by atoms with Crippen molar-refractivity contribution in [1.29, 1.82) is 0 Å². The minimum absolute atomic E-state index is 0.0539. The van der Waals surface area contributed by atoms with E-state index >= 15 is 0 Å². The lowest BCUT2D eigenvalue weighted by atomic mass is 9.95. The number of carbonyl (C=O) groups excluding carboxylic acids is 2. The lowest BCUT2D eigenvalue weighted by molar-refractivity contribution is -0.129. The van der Waals surface area contributed by atoms with Crippen molar-refractivity contribution in [2.75, 3.05) is 13.1 Å². The van der Waals surface area contributed by atoms with Crippen LogP contribution in [0, 0.1) is 5.92 Å². The van der Waals surface area contributed by atoms with Crippen LogP contribution in [0.5, 0.6) is 0 Å². The summed E-state index contributed by atoms with van der Waals surface area (Å²) >= 11 is 0. The molecule has 2 fully saturated rings. The fourth-order valence-electron chi connectivity index (χ4n) is 2.50. The first-order chi connectivity index (χ1) is 8.16. The molecule has 2 saturated heterocycles. The minimum Gasteiger partial charge on any atom is -0.355 e. The van der Waals surface area contributed by atoms with Gasteiger partial charge in [-0.05, 0) is 32.7 Å². The van der Waals surface area contributed by atoms with Gasteiger partial charge in [0.15, 0.2) is 0 Å². The summed E-state index contributed by atoms with van der Waals surface area (Å²) in [7, 11) is 0. The van der Waals surface area contributed by atoms with Crippen LogP contribution in [-0.4, -0.2) is 37.0 Å². The zero-order valence-corrected chi connectivity index (χ0v) is 10.3. The van der Waals surface area contributed by atoms with E-state index < -0.39 is 0 Å². The number of hydrogen-bond donors (Lipinski definition) is 3. The normalized spacial score (nSPS) is 33.9. The quantitative estimate of drug-likeness (QED) is 0.623. The summed E-state index contributed by atoms with van der Waals surface area (Å²) in [5, 5.41) is 9.21. The monoisotopic (exact) mass is 239 g/mol. The molecule has 3 atom stereocenters. The Hall–Kier alpha value is -1.10. The molecule has 2 aliphatic rings. The summed E-state index contributed by atoms with van der Waals surface area (Å²) in [5.74, 6) is 0.0918. The van der Waals surface area contributed by atoms with Gasteiger partial charge in [-0.3, -0.25) is 9.59 Å². The molecule has 2 aliphatic heterocycles. The molecule has 3 N–H and O–H groups in total. The number of piperidine rings is 2. The first-order valence-electron chi connectivity index (χ1n) is 6.47. The third kappa shape index (κ3) is 3.19. The number of nitrogens with one attached hydrogen (secondary N) is 3. The van der Waals surface area contributed by atoms with E-state index in [0.717, 1.165) is 19.4 Å². The molecule has 2 amide bonds. The average Bonchev–Trinajstić information content (AvgIpc) is 2.33. The fraction of sp³-hybridized carbons (Fsp3) is 0.833. The highest BCUT2D eigenvalue weighted by atomic mass is 16.2. The zero-order chi connectivity index (χ0) is 12.3. The second kappa shape index (κ2) is 5.49. The lowest BCUT2D eigenvalue weighted by Gasteiger charge is -2.32. The standard InChI is InChI=1S/C12H21N3O2/c1-8-10(3-2-6-13-8)15-12(17)9-4-5-11(16)14-7-9/h8-10,13H,2-7H2,1H3,(H,14,16)(H,15,17). The van der Waals surface area contributed by atoms with Gasteiger partial charge in [-0.2, -0.15) is 0 Å². The first-order valence-corrected chi connectivity index (χ1v) is 6.47. The summed E-state index contributed by atoms with van der Waals surface area (Å²) < 4.78 is 0. The first kappa shape index (κ1) is 12.4. The summed E-state index contributed by atoms with van der Waals surface area (Å²) in [5.41, 5.74) is 0. The number of carbonyl (C=O) groups is 2. The Morgan fingerprint density at radius 2 is 2.24 bits per heavy atom. The molecule has 0 bridgehead atoms. The van der Waals surface area contributed by atoms with Gasteiger partial charge in [-0.1, -0.05) is 0 Å². The van der Waals surface area contributed by atoms with Crippen LogP contribution in [0.4, 0.5) is 0 Å². The topological polar surface area (TPSA) is 70.2 Å². The van der Waals surface area contributed by atoms with Crippen LogP contribution >= 0.6 is 0 Å². The van der Waals surface area contributed by atoms with Gasteiger partial charge in [-0.15, -0.1) is 0 Å². The Labute approximate surface area is 102 Å². The maximum atomic E-state index is 12.0. The predicted molar refractivity (Wildman–Crippen MR) is 64.4 cm³/mol. The maximum Gasteiger partial charge on any atom is 0.225 e. The van der Waals surface area contributed by atoms with Crippen molar-refractivity contribution in [2.24, 2.45) is 5.92 Å². The lowest BCUT2D eigenvalue weighted by Crippen LogP contribution is -2.54. The Morgan fingerprint density at radius 3 is 2.88 bits per heavy atom. The van der Waals surface area contributed by atoms with Crippen LogP contribution in [-0.2, 0) is 9.59 Å². The highest BCUT2D eigenvalue weighted by Gasteiger charge is 2.28. The molecule has 5 heteroatoms. The van der Waals surface area contributed by atoms with Gasteiger partial charge < -0.3 is 16.0 Å². The largest absolute Gasteiger partial charge is 0.355 e. The summed E-state index contributed by atoms with van der Waals surface area (Å²) in [6.45, 7) is 3.62. The van der Waals surface area contributed by atoms with Crippen LogP contribution in [0.1, 0.15) is 32.6 Å². The third-order valence-corrected chi connectivity index (χ3v) is 3.73. The van der Waals surface area contributed by atoms with Crippen LogP contribution in [0.25, 0.3) is 0 Å². The van der Waals surface area contributed by atoms with Crippen molar-refractivity contribution in [3.63, 3.8) is 0 Å². The van der Waals surface area contributed by atoms with Gasteiger partial charge in [0, 0.05) is 25.0 Å². The second-order valence-electron chi connectivity index (χ2n) is 5.04. The van der Waals surface area contributed by atoms with E-state index in [1.807, 2.05) is 0 Å². The smallest absolute Gasteiger partial charge is 0.225 e. The average molecular weight is 239 g/mol. The maximum absolute atomic E-state index is 12.0. The third-order valence-electron chi connectivity index (χ3n) is 3.73. The van der Waals surface area contributed by atoms with Gasteiger partial charge in [0.05, 0.1) is 5.92 Å². The molecule has 17 heavy (non-hydrogen) atoms. The molecule has 0 radical (unpaired) electrons. The van der Waals surface area contributed by atoms with Gasteiger partial charge >= 0.3 is 0 Å². The number of hydrogen-bond acceptors (Lipinski definition) is 3. The fourth-order valence-corrected chi connectivity index (χ4v) is 2.50. The van der Waals surface area contributed by atoms with E-state index in [2.05, 4.69) is 22.9 Å². The number of rotatable bonds is 2. The highest BCUT2D eigenvalue weighted by Crippen LogP contribution is 2.13. The van der Waals surface area contributed by atoms with E-state index in [0.29, 0.717) is 25.4 Å². The summed E-state index contributed by atoms with van der Waals surface area (Å²) in [6.07, 6.45) is 3.29. The molecule has 0 saturated carbocycles. The van der Waals surface area contributed by atoms with Gasteiger partial charge in [0.25, 0.3) is 0 Å². The van der Waals surface area contributed by atoms with Crippen molar-refractivity contribution in [2.45, 2.75) is 44.7 Å². The molecule has 0 aromatic heterocycles. The van der Waals surface area contributed by atoms with Crippen molar-refractivity contribution >= 4 is 11.8 Å². The van der Waals surface area contributed by atoms with Gasteiger partial charge in [-0.25, -0.2) is 0 Å². The second-order valence-corrected chi connectivity index (χ2v) is 5.04. The Bertz CT molecular complexity index is 296. The molecule has 2 rings (SSSR count). The van der Waals surface area contributed by atoms with Gasteiger partial charge in [0.1, 0.15) is 0 Å². The van der Waals surface area contributed by atoms with Crippen molar-refractivity contribution in [1.82, 2.24) is 16.0 Å². The molecule has 2 heterocycles. The zero-order valence-electron chi connectivity index (χ0n) is 10.3. The molecule has 0 aliphatic carbocycles. The van der Waals surface area contributed by atoms with Crippen LogP contribution in [0.3, 0.4) is 0 Å². The van der Waals surface area contributed by atoms with Crippen molar-refractivity contribution in [3.8, 4) is 0 Å². The molecule has 5 nitrogen and oxygen atoms in total. The molecular formula is C12H21N3O2. The molecule has 96 valence electrons.